The molecule has 0 saturated heterocycles. The van der Waals surface area contributed by atoms with E-state index in [1.807, 2.05) is 31.2 Å². The third kappa shape index (κ3) is 4.43. The van der Waals surface area contributed by atoms with E-state index in [9.17, 15) is 4.79 Å². The van der Waals surface area contributed by atoms with Gasteiger partial charge in [0.15, 0.2) is 11.7 Å². The van der Waals surface area contributed by atoms with Gasteiger partial charge in [0, 0.05) is 24.4 Å². The highest BCUT2D eigenvalue weighted by molar-refractivity contribution is 5.76. The molecule has 1 unspecified atom stereocenters. The Kier molecular flexibility index (Phi) is 5.11. The van der Waals surface area contributed by atoms with Crippen LogP contribution < -0.4 is 5.32 Å². The number of hydrogen-bond acceptors (Lipinski definition) is 4. The molecule has 0 fully saturated rings. The molecule has 0 bridgehead atoms. The minimum Gasteiger partial charge on any atom is -0.441 e. The van der Waals surface area contributed by atoms with Gasteiger partial charge >= 0.3 is 0 Å². The molecule has 0 spiro atoms. The molecule has 1 heterocycles. The number of carbonyl (C=O) groups excluding carboxylic acids is 1. The highest BCUT2D eigenvalue weighted by Gasteiger charge is 2.10. The van der Waals surface area contributed by atoms with Crippen LogP contribution in [0.4, 0.5) is 0 Å². The van der Waals surface area contributed by atoms with E-state index in [1.165, 1.54) is 5.56 Å². The summed E-state index contributed by atoms with van der Waals surface area (Å²) in [6.45, 7) is 3.71. The molecule has 2 aromatic rings. The summed E-state index contributed by atoms with van der Waals surface area (Å²) < 4.78 is 5.65. The normalized spacial score (nSPS) is 12.1. The number of amides is 1. The Morgan fingerprint density at radius 1 is 1.38 bits per heavy atom. The van der Waals surface area contributed by atoms with Gasteiger partial charge in [0.1, 0.15) is 0 Å². The first-order valence-electron chi connectivity index (χ1n) is 7.00. The van der Waals surface area contributed by atoms with Gasteiger partial charge in [-0.15, -0.1) is 0 Å². The summed E-state index contributed by atoms with van der Waals surface area (Å²) in [6, 6.07) is 7.76. The van der Waals surface area contributed by atoms with Crippen molar-refractivity contribution >= 4 is 5.91 Å². The Hall–Kier alpha value is -2.14. The van der Waals surface area contributed by atoms with Gasteiger partial charge in [-0.1, -0.05) is 29.8 Å². The molecule has 2 N–H and O–H groups in total. The van der Waals surface area contributed by atoms with E-state index < -0.39 is 0 Å². The largest absolute Gasteiger partial charge is 0.441 e. The van der Waals surface area contributed by atoms with Gasteiger partial charge in [0.05, 0.1) is 12.8 Å². The van der Waals surface area contributed by atoms with Gasteiger partial charge in [0.2, 0.25) is 5.91 Å². The van der Waals surface area contributed by atoms with Crippen LogP contribution in [0.5, 0.6) is 0 Å². The molecule has 1 atom stereocenters. The molecule has 0 saturated carbocycles. The zero-order valence-electron chi connectivity index (χ0n) is 12.3. The zero-order chi connectivity index (χ0) is 15.2. The standard InChI is InChI=1S/C16H20N2O3/c1-11-3-5-13(6-4-11)14-9-17-16(21-14)8-7-15(20)18-12(2)10-19/h3-6,9,12,19H,7-8,10H2,1-2H3,(H,18,20). The lowest BCUT2D eigenvalue weighted by molar-refractivity contribution is -0.122. The van der Waals surface area contributed by atoms with E-state index in [2.05, 4.69) is 10.3 Å². The van der Waals surface area contributed by atoms with Gasteiger partial charge in [-0.2, -0.15) is 0 Å². The monoisotopic (exact) mass is 288 g/mol. The minimum absolute atomic E-state index is 0.0671. The predicted molar refractivity (Wildman–Crippen MR) is 79.7 cm³/mol. The van der Waals surface area contributed by atoms with Crippen molar-refractivity contribution in [1.82, 2.24) is 10.3 Å². The molecule has 0 aliphatic carbocycles. The highest BCUT2D eigenvalue weighted by Crippen LogP contribution is 2.21. The van der Waals surface area contributed by atoms with Gasteiger partial charge in [0.25, 0.3) is 0 Å². The number of aliphatic hydroxyl groups is 1. The van der Waals surface area contributed by atoms with Crippen molar-refractivity contribution in [2.24, 2.45) is 0 Å². The summed E-state index contributed by atoms with van der Waals surface area (Å²) in [7, 11) is 0. The average molecular weight is 288 g/mol. The highest BCUT2D eigenvalue weighted by atomic mass is 16.4. The van der Waals surface area contributed by atoms with E-state index >= 15 is 0 Å². The van der Waals surface area contributed by atoms with E-state index in [1.54, 1.807) is 13.1 Å². The number of nitrogens with one attached hydrogen (secondary N) is 1. The zero-order valence-corrected chi connectivity index (χ0v) is 12.3. The Morgan fingerprint density at radius 3 is 2.76 bits per heavy atom. The second-order valence-electron chi connectivity index (χ2n) is 5.14. The van der Waals surface area contributed by atoms with Crippen molar-refractivity contribution in [1.29, 1.82) is 0 Å². The van der Waals surface area contributed by atoms with Crippen molar-refractivity contribution in [2.45, 2.75) is 32.7 Å². The van der Waals surface area contributed by atoms with Gasteiger partial charge in [-0.3, -0.25) is 4.79 Å². The molecule has 1 aromatic carbocycles. The molecule has 5 nitrogen and oxygen atoms in total. The molecule has 1 amide bonds. The van der Waals surface area contributed by atoms with Crippen LogP contribution in [-0.2, 0) is 11.2 Å². The number of aliphatic hydroxyl groups excluding tert-OH is 1. The van der Waals surface area contributed by atoms with E-state index in [-0.39, 0.29) is 25.0 Å². The van der Waals surface area contributed by atoms with E-state index in [4.69, 9.17) is 9.52 Å². The maximum absolute atomic E-state index is 11.6. The third-order valence-electron chi connectivity index (χ3n) is 3.14. The topological polar surface area (TPSA) is 75.4 Å². The van der Waals surface area contributed by atoms with Crippen molar-refractivity contribution in [3.8, 4) is 11.3 Å². The summed E-state index contributed by atoms with van der Waals surface area (Å²) >= 11 is 0. The number of aromatic nitrogens is 1. The maximum Gasteiger partial charge on any atom is 0.220 e. The first-order chi connectivity index (χ1) is 10.1. The molecule has 0 aliphatic rings. The van der Waals surface area contributed by atoms with Crippen LogP contribution in [0.1, 0.15) is 24.8 Å². The molecule has 0 radical (unpaired) electrons. The number of oxazole rings is 1. The lowest BCUT2D eigenvalue weighted by atomic mass is 10.1. The van der Waals surface area contributed by atoms with Crippen LogP contribution in [0.3, 0.4) is 0 Å². The van der Waals surface area contributed by atoms with E-state index in [0.717, 1.165) is 5.56 Å². The fraction of sp³-hybridized carbons (Fsp3) is 0.375. The number of aryl methyl sites for hydroxylation is 2. The van der Waals surface area contributed by atoms with Crippen LogP contribution in [0.15, 0.2) is 34.9 Å². The third-order valence-corrected chi connectivity index (χ3v) is 3.14. The summed E-state index contributed by atoms with van der Waals surface area (Å²) in [5.74, 6) is 1.12. The molecule has 2 rings (SSSR count). The molecule has 0 aliphatic heterocycles. The summed E-state index contributed by atoms with van der Waals surface area (Å²) in [5, 5.41) is 11.6. The second-order valence-corrected chi connectivity index (χ2v) is 5.14. The predicted octanol–water partition coefficient (Wildman–Crippen LogP) is 2.08. The second kappa shape index (κ2) is 7.04. The lowest BCUT2D eigenvalue weighted by Gasteiger charge is -2.09. The number of benzene rings is 1. The first-order valence-corrected chi connectivity index (χ1v) is 7.00. The molecule has 21 heavy (non-hydrogen) atoms. The molecule has 5 heteroatoms. The minimum atomic E-state index is -0.231. The number of rotatable bonds is 6. The maximum atomic E-state index is 11.6. The fourth-order valence-corrected chi connectivity index (χ4v) is 1.89. The summed E-state index contributed by atoms with van der Waals surface area (Å²) in [6.07, 6.45) is 2.41. The van der Waals surface area contributed by atoms with Crippen molar-refractivity contribution < 1.29 is 14.3 Å². The van der Waals surface area contributed by atoms with Crippen LogP contribution in [0.2, 0.25) is 0 Å². The molecular formula is C16H20N2O3. The Labute approximate surface area is 124 Å². The molecule has 1 aromatic heterocycles. The quantitative estimate of drug-likeness (QED) is 0.853. The average Bonchev–Trinajstić information content (AvgIpc) is 2.94. The van der Waals surface area contributed by atoms with Crippen LogP contribution in [0.25, 0.3) is 11.3 Å². The summed E-state index contributed by atoms with van der Waals surface area (Å²) in [4.78, 5) is 15.8. The van der Waals surface area contributed by atoms with Crippen LogP contribution >= 0.6 is 0 Å². The van der Waals surface area contributed by atoms with Gasteiger partial charge in [-0.05, 0) is 13.8 Å². The summed E-state index contributed by atoms with van der Waals surface area (Å²) in [5.41, 5.74) is 2.16. The smallest absolute Gasteiger partial charge is 0.220 e. The number of hydrogen-bond donors (Lipinski definition) is 2. The van der Waals surface area contributed by atoms with Crippen LogP contribution in [0, 0.1) is 6.92 Å². The fourth-order valence-electron chi connectivity index (χ4n) is 1.89. The van der Waals surface area contributed by atoms with E-state index in [0.29, 0.717) is 18.1 Å². The SMILES string of the molecule is Cc1ccc(-c2cnc(CCC(=O)NC(C)CO)o2)cc1. The lowest BCUT2D eigenvalue weighted by Crippen LogP contribution is -2.35. The van der Waals surface area contributed by atoms with Crippen LogP contribution in [-0.4, -0.2) is 28.6 Å². The van der Waals surface area contributed by atoms with Gasteiger partial charge < -0.3 is 14.8 Å². The molecule has 112 valence electrons. The van der Waals surface area contributed by atoms with Crippen molar-refractivity contribution in [2.75, 3.05) is 6.61 Å². The Balaban J connectivity index is 1.91. The molecular weight excluding hydrogens is 268 g/mol. The Bertz CT molecular complexity index is 590. The van der Waals surface area contributed by atoms with Gasteiger partial charge in [-0.25, -0.2) is 4.98 Å². The number of nitrogens with zero attached hydrogens (tertiary/aromatic N) is 1. The number of carbonyl (C=O) groups is 1. The first kappa shape index (κ1) is 15.3. The van der Waals surface area contributed by atoms with Crippen molar-refractivity contribution in [3.05, 3.63) is 41.9 Å². The Morgan fingerprint density at radius 2 is 2.10 bits per heavy atom. The van der Waals surface area contributed by atoms with Crippen molar-refractivity contribution in [3.63, 3.8) is 0 Å².